The number of H-pyrrole nitrogens is 1. The monoisotopic (exact) mass is 388 g/mol. The minimum Gasteiger partial charge on any atom is -0.375 e. The van der Waals surface area contributed by atoms with Gasteiger partial charge in [-0.1, -0.05) is 25.7 Å². The van der Waals surface area contributed by atoms with E-state index in [1.165, 1.54) is 25.7 Å². The predicted molar refractivity (Wildman–Crippen MR) is 105 cm³/mol. The molecular formula is C21H32N4O3. The topological polar surface area (TPSA) is 78.5 Å². The zero-order valence-corrected chi connectivity index (χ0v) is 16.9. The van der Waals surface area contributed by atoms with E-state index in [0.29, 0.717) is 26.1 Å². The first-order valence-electron chi connectivity index (χ1n) is 10.7. The van der Waals surface area contributed by atoms with Crippen LogP contribution in [0.1, 0.15) is 62.8 Å². The van der Waals surface area contributed by atoms with Crippen LogP contribution < -0.4 is 0 Å². The lowest BCUT2D eigenvalue weighted by atomic mass is 9.78. The fourth-order valence-electron chi connectivity index (χ4n) is 5.46. The number of rotatable bonds is 5. The van der Waals surface area contributed by atoms with Gasteiger partial charge in [0, 0.05) is 45.3 Å². The van der Waals surface area contributed by atoms with Gasteiger partial charge in [0.05, 0.1) is 17.6 Å². The zero-order chi connectivity index (χ0) is 19.6. The van der Waals surface area contributed by atoms with Gasteiger partial charge in [-0.15, -0.1) is 0 Å². The molecule has 1 spiro atoms. The maximum Gasteiger partial charge on any atom is 0.249 e. The van der Waals surface area contributed by atoms with Gasteiger partial charge in [-0.05, 0) is 25.2 Å². The number of methoxy groups -OCH3 is 1. The van der Waals surface area contributed by atoms with E-state index in [4.69, 9.17) is 4.74 Å². The zero-order valence-electron chi connectivity index (χ0n) is 16.9. The molecule has 1 saturated heterocycles. The Kier molecular flexibility index (Phi) is 5.71. The second kappa shape index (κ2) is 8.23. The van der Waals surface area contributed by atoms with Crippen LogP contribution in [-0.4, -0.2) is 64.9 Å². The van der Waals surface area contributed by atoms with Crippen LogP contribution in [-0.2, 0) is 26.3 Å². The molecule has 1 aliphatic carbocycles. The van der Waals surface area contributed by atoms with Gasteiger partial charge in [-0.2, -0.15) is 0 Å². The van der Waals surface area contributed by atoms with Crippen LogP contribution in [0.2, 0.25) is 0 Å². The number of aromatic nitrogens is 2. The Bertz CT molecular complexity index is 702. The third-order valence-corrected chi connectivity index (χ3v) is 7.01. The van der Waals surface area contributed by atoms with Crippen LogP contribution in [0.5, 0.6) is 0 Å². The third kappa shape index (κ3) is 3.56. The lowest BCUT2D eigenvalue weighted by molar-refractivity contribution is -0.147. The van der Waals surface area contributed by atoms with Crippen molar-refractivity contribution in [3.63, 3.8) is 0 Å². The van der Waals surface area contributed by atoms with Crippen LogP contribution in [0.4, 0.5) is 0 Å². The van der Waals surface area contributed by atoms with Gasteiger partial charge in [0.15, 0.2) is 0 Å². The molecule has 1 saturated carbocycles. The summed E-state index contributed by atoms with van der Waals surface area (Å²) in [5.41, 5.74) is 1.70. The van der Waals surface area contributed by atoms with E-state index >= 15 is 0 Å². The number of ether oxygens (including phenoxy) is 1. The molecule has 4 rings (SSSR count). The van der Waals surface area contributed by atoms with Crippen molar-refractivity contribution in [3.05, 3.63) is 17.7 Å². The molecule has 2 amide bonds. The van der Waals surface area contributed by atoms with Crippen molar-refractivity contribution in [3.8, 4) is 0 Å². The highest BCUT2D eigenvalue weighted by Crippen LogP contribution is 2.42. The lowest BCUT2D eigenvalue weighted by Crippen LogP contribution is -2.59. The van der Waals surface area contributed by atoms with Crippen LogP contribution in [0.3, 0.4) is 0 Å². The molecular weight excluding hydrogens is 356 g/mol. The van der Waals surface area contributed by atoms with Crippen LogP contribution >= 0.6 is 0 Å². The molecule has 154 valence electrons. The lowest BCUT2D eigenvalue weighted by Gasteiger charge is -2.50. The van der Waals surface area contributed by atoms with Gasteiger partial charge < -0.3 is 19.5 Å². The number of aromatic amines is 1. The van der Waals surface area contributed by atoms with E-state index in [1.54, 1.807) is 13.4 Å². The van der Waals surface area contributed by atoms with Gasteiger partial charge in [-0.25, -0.2) is 4.98 Å². The van der Waals surface area contributed by atoms with Crippen LogP contribution in [0.15, 0.2) is 6.33 Å². The molecule has 1 N–H and O–H groups in total. The van der Waals surface area contributed by atoms with E-state index in [-0.39, 0.29) is 18.4 Å². The molecule has 0 unspecified atom stereocenters. The molecule has 0 atom stereocenters. The SMILES string of the molecule is COCC(=O)N1CCc2[nH]cnc2C12CCN(C(=O)CCC1CCCC1)CC2. The molecule has 0 radical (unpaired) electrons. The maximum atomic E-state index is 12.8. The molecule has 2 aliphatic heterocycles. The van der Waals surface area contributed by atoms with Crippen molar-refractivity contribution in [2.75, 3.05) is 33.4 Å². The van der Waals surface area contributed by atoms with Crippen molar-refractivity contribution in [1.29, 1.82) is 0 Å². The van der Waals surface area contributed by atoms with Crippen molar-refractivity contribution >= 4 is 11.8 Å². The predicted octanol–water partition coefficient (Wildman–Crippen LogP) is 2.23. The summed E-state index contributed by atoms with van der Waals surface area (Å²) in [6, 6.07) is 0. The first kappa shape index (κ1) is 19.4. The van der Waals surface area contributed by atoms with Crippen molar-refractivity contribution < 1.29 is 14.3 Å². The summed E-state index contributed by atoms with van der Waals surface area (Å²) in [7, 11) is 1.56. The van der Waals surface area contributed by atoms with E-state index in [1.807, 2.05) is 9.80 Å². The Morgan fingerprint density at radius 1 is 1.21 bits per heavy atom. The Balaban J connectivity index is 1.44. The van der Waals surface area contributed by atoms with Gasteiger partial charge in [-0.3, -0.25) is 9.59 Å². The number of likely N-dealkylation sites (tertiary alicyclic amines) is 1. The summed E-state index contributed by atoms with van der Waals surface area (Å²) in [5, 5.41) is 0. The average Bonchev–Trinajstić information content (AvgIpc) is 3.39. The summed E-state index contributed by atoms with van der Waals surface area (Å²) < 4.78 is 5.12. The first-order valence-corrected chi connectivity index (χ1v) is 10.7. The Morgan fingerprint density at radius 3 is 2.68 bits per heavy atom. The molecule has 7 nitrogen and oxygen atoms in total. The normalized spacial score (nSPS) is 21.9. The summed E-state index contributed by atoms with van der Waals surface area (Å²) in [5.74, 6) is 1.03. The maximum absolute atomic E-state index is 12.8. The number of nitrogens with one attached hydrogen (secondary N) is 1. The second-order valence-corrected chi connectivity index (χ2v) is 8.56. The smallest absolute Gasteiger partial charge is 0.249 e. The molecule has 7 heteroatoms. The minimum absolute atomic E-state index is 0.0113. The molecule has 0 aromatic carbocycles. The standard InChI is InChI=1S/C21H32N4O3/c1-28-14-19(27)25-11-8-17-20(23-15-22-17)21(25)9-12-24(13-10-21)18(26)7-6-16-4-2-3-5-16/h15-16H,2-14H2,1H3,(H,22,23). The highest BCUT2D eigenvalue weighted by atomic mass is 16.5. The largest absolute Gasteiger partial charge is 0.375 e. The van der Waals surface area contributed by atoms with Gasteiger partial charge >= 0.3 is 0 Å². The molecule has 1 aromatic heterocycles. The van der Waals surface area contributed by atoms with Crippen molar-refractivity contribution in [2.45, 2.75) is 63.3 Å². The summed E-state index contributed by atoms with van der Waals surface area (Å²) >= 11 is 0. The summed E-state index contributed by atoms with van der Waals surface area (Å²) in [6.07, 6.45) is 10.9. The number of carbonyl (C=O) groups excluding carboxylic acids is 2. The quantitative estimate of drug-likeness (QED) is 0.839. The van der Waals surface area contributed by atoms with E-state index in [2.05, 4.69) is 9.97 Å². The Hall–Kier alpha value is -1.89. The first-order chi connectivity index (χ1) is 13.6. The molecule has 3 aliphatic rings. The second-order valence-electron chi connectivity index (χ2n) is 8.56. The van der Waals surface area contributed by atoms with Gasteiger partial charge in [0.1, 0.15) is 6.61 Å². The van der Waals surface area contributed by atoms with E-state index in [9.17, 15) is 9.59 Å². The number of nitrogens with zero attached hydrogens (tertiary/aromatic N) is 3. The number of piperidine rings is 1. The molecule has 2 fully saturated rings. The number of hydrogen-bond acceptors (Lipinski definition) is 4. The average molecular weight is 389 g/mol. The molecule has 1 aromatic rings. The minimum atomic E-state index is -0.411. The number of amides is 2. The Morgan fingerprint density at radius 2 is 1.96 bits per heavy atom. The third-order valence-electron chi connectivity index (χ3n) is 7.01. The summed E-state index contributed by atoms with van der Waals surface area (Å²) in [4.78, 5) is 37.3. The number of fused-ring (bicyclic) bond motifs is 2. The van der Waals surface area contributed by atoms with Gasteiger partial charge in [0.25, 0.3) is 0 Å². The molecule has 3 heterocycles. The highest BCUT2D eigenvalue weighted by Gasteiger charge is 2.49. The van der Waals surface area contributed by atoms with Crippen LogP contribution in [0.25, 0.3) is 0 Å². The number of imidazole rings is 1. The van der Waals surface area contributed by atoms with E-state index < -0.39 is 5.54 Å². The number of hydrogen-bond donors (Lipinski definition) is 1. The van der Waals surface area contributed by atoms with Crippen LogP contribution in [0, 0.1) is 5.92 Å². The fraction of sp³-hybridized carbons (Fsp3) is 0.762. The molecule has 28 heavy (non-hydrogen) atoms. The Labute approximate surface area is 166 Å². The van der Waals surface area contributed by atoms with Gasteiger partial charge in [0.2, 0.25) is 11.8 Å². The fourth-order valence-corrected chi connectivity index (χ4v) is 5.46. The number of carbonyl (C=O) groups is 2. The highest BCUT2D eigenvalue weighted by molar-refractivity contribution is 5.79. The molecule has 0 bridgehead atoms. The van der Waals surface area contributed by atoms with E-state index in [0.717, 1.165) is 43.0 Å². The van der Waals surface area contributed by atoms with Crippen molar-refractivity contribution in [2.24, 2.45) is 5.92 Å². The summed E-state index contributed by atoms with van der Waals surface area (Å²) in [6.45, 7) is 2.14. The van der Waals surface area contributed by atoms with Crippen molar-refractivity contribution in [1.82, 2.24) is 19.8 Å².